The van der Waals surface area contributed by atoms with Crippen molar-refractivity contribution >= 4 is 29.5 Å². The van der Waals surface area contributed by atoms with Crippen LogP contribution in [0.15, 0.2) is 59.2 Å². The largest absolute Gasteiger partial charge is 0.494 e. The molecule has 1 saturated heterocycles. The van der Waals surface area contributed by atoms with Crippen LogP contribution in [0, 0.1) is 0 Å². The fraction of sp³-hybridized carbons (Fsp3) is 0.227. The molecule has 0 aliphatic carbocycles. The van der Waals surface area contributed by atoms with Crippen LogP contribution >= 0.6 is 0 Å². The molecule has 2 aliphatic heterocycles. The van der Waals surface area contributed by atoms with Crippen LogP contribution in [-0.2, 0) is 14.3 Å². The minimum absolute atomic E-state index is 0.137. The summed E-state index contributed by atoms with van der Waals surface area (Å²) in [6.07, 6.45) is 3.15. The number of hydrogen-bond acceptors (Lipinski definition) is 5. The van der Waals surface area contributed by atoms with Gasteiger partial charge in [-0.05, 0) is 61.4 Å². The molecule has 0 N–H and O–H groups in total. The molecule has 2 aliphatic rings. The summed E-state index contributed by atoms with van der Waals surface area (Å²) >= 11 is 0. The maximum absolute atomic E-state index is 12.2. The molecule has 2 aromatic carbocycles. The molecule has 1 fully saturated rings. The van der Waals surface area contributed by atoms with E-state index in [9.17, 15) is 9.59 Å². The molecule has 6 nitrogen and oxygen atoms in total. The van der Waals surface area contributed by atoms with E-state index in [1.54, 1.807) is 11.0 Å². The molecule has 0 unspecified atom stereocenters. The van der Waals surface area contributed by atoms with E-state index in [-0.39, 0.29) is 17.5 Å². The summed E-state index contributed by atoms with van der Waals surface area (Å²) in [6, 6.07) is 14.7. The Hall–Kier alpha value is -3.41. The van der Waals surface area contributed by atoms with E-state index < -0.39 is 5.97 Å². The highest BCUT2D eigenvalue weighted by atomic mass is 16.6. The smallest absolute Gasteiger partial charge is 0.363 e. The number of anilines is 1. The Bertz CT molecular complexity index is 959. The number of ether oxygens (including phenoxy) is 2. The maximum atomic E-state index is 12.2. The molecule has 2 aromatic rings. The van der Waals surface area contributed by atoms with Crippen LogP contribution in [-0.4, -0.2) is 30.9 Å². The summed E-state index contributed by atoms with van der Waals surface area (Å²) in [5.41, 5.74) is 2.63. The maximum Gasteiger partial charge on any atom is 0.363 e. The number of aliphatic imine (C=N–C) groups is 1. The first-order valence-electron chi connectivity index (χ1n) is 9.30. The summed E-state index contributed by atoms with van der Waals surface area (Å²) in [4.78, 5) is 30.1. The number of cyclic esters (lactones) is 1. The Morgan fingerprint density at radius 3 is 2.50 bits per heavy atom. The number of carbonyl (C=O) groups is 2. The Morgan fingerprint density at radius 1 is 1.11 bits per heavy atom. The van der Waals surface area contributed by atoms with Gasteiger partial charge in [-0.15, -0.1) is 0 Å². The van der Waals surface area contributed by atoms with Gasteiger partial charge >= 0.3 is 5.97 Å². The molecule has 0 bridgehead atoms. The van der Waals surface area contributed by atoms with Gasteiger partial charge in [0.1, 0.15) is 5.75 Å². The van der Waals surface area contributed by atoms with Gasteiger partial charge in [-0.1, -0.05) is 12.1 Å². The number of amides is 1. The molecule has 2 heterocycles. The SMILES string of the molecule is CCOc1ccc(/C=C2\N=C(c3ccc(N4CCCC4=O)cc3)OC2=O)cc1. The average molecular weight is 376 g/mol. The van der Waals surface area contributed by atoms with Crippen LogP contribution < -0.4 is 9.64 Å². The van der Waals surface area contributed by atoms with E-state index in [0.29, 0.717) is 18.6 Å². The van der Waals surface area contributed by atoms with Crippen molar-refractivity contribution < 1.29 is 19.1 Å². The Balaban J connectivity index is 1.52. The summed E-state index contributed by atoms with van der Waals surface area (Å²) in [5, 5.41) is 0. The standard InChI is InChI=1S/C22H20N2O4/c1-2-27-18-11-5-15(6-12-18)14-19-22(26)28-21(23-19)16-7-9-17(10-8-16)24-13-3-4-20(24)25/h5-12,14H,2-4,13H2,1H3/b19-14-. The first-order chi connectivity index (χ1) is 13.6. The third kappa shape index (κ3) is 3.67. The predicted octanol–water partition coefficient (Wildman–Crippen LogP) is 3.56. The van der Waals surface area contributed by atoms with Gasteiger partial charge in [0.2, 0.25) is 11.8 Å². The van der Waals surface area contributed by atoms with Crippen LogP contribution in [0.1, 0.15) is 30.9 Å². The first kappa shape index (κ1) is 18.0. The number of nitrogens with zero attached hydrogens (tertiary/aromatic N) is 2. The zero-order valence-corrected chi connectivity index (χ0v) is 15.6. The lowest BCUT2D eigenvalue weighted by atomic mass is 10.2. The zero-order chi connectivity index (χ0) is 19.5. The summed E-state index contributed by atoms with van der Waals surface area (Å²) in [5.74, 6) is 0.696. The van der Waals surface area contributed by atoms with Crippen molar-refractivity contribution in [1.82, 2.24) is 0 Å². The lowest BCUT2D eigenvalue weighted by Crippen LogP contribution is -2.23. The van der Waals surface area contributed by atoms with Crippen molar-refractivity contribution in [3.8, 4) is 5.75 Å². The number of carbonyl (C=O) groups excluding carboxylic acids is 2. The third-order valence-electron chi connectivity index (χ3n) is 4.61. The highest BCUT2D eigenvalue weighted by Crippen LogP contribution is 2.24. The lowest BCUT2D eigenvalue weighted by Gasteiger charge is -2.15. The average Bonchev–Trinajstić information content (AvgIpc) is 3.29. The van der Waals surface area contributed by atoms with Gasteiger partial charge in [0.15, 0.2) is 5.70 Å². The molecule has 0 radical (unpaired) electrons. The molecule has 0 spiro atoms. The van der Waals surface area contributed by atoms with E-state index in [1.807, 2.05) is 55.5 Å². The van der Waals surface area contributed by atoms with Gasteiger partial charge in [-0.2, -0.15) is 0 Å². The molecule has 0 atom stereocenters. The Kier molecular flexibility index (Phi) is 4.93. The van der Waals surface area contributed by atoms with E-state index in [2.05, 4.69) is 4.99 Å². The van der Waals surface area contributed by atoms with Crippen molar-refractivity contribution in [2.24, 2.45) is 4.99 Å². The Labute approximate surface area is 163 Å². The fourth-order valence-corrected chi connectivity index (χ4v) is 3.22. The van der Waals surface area contributed by atoms with Crippen molar-refractivity contribution in [3.63, 3.8) is 0 Å². The Morgan fingerprint density at radius 2 is 1.86 bits per heavy atom. The van der Waals surface area contributed by atoms with Crippen LogP contribution in [0.4, 0.5) is 5.69 Å². The van der Waals surface area contributed by atoms with Crippen LogP contribution in [0.5, 0.6) is 5.75 Å². The second kappa shape index (κ2) is 7.68. The van der Waals surface area contributed by atoms with E-state index in [1.165, 1.54) is 0 Å². The fourth-order valence-electron chi connectivity index (χ4n) is 3.22. The van der Waals surface area contributed by atoms with Gasteiger partial charge in [0, 0.05) is 24.2 Å². The van der Waals surface area contributed by atoms with Gasteiger partial charge in [0.25, 0.3) is 0 Å². The van der Waals surface area contributed by atoms with Gasteiger partial charge in [-0.3, -0.25) is 4.79 Å². The predicted molar refractivity (Wildman–Crippen MR) is 106 cm³/mol. The molecule has 4 rings (SSSR count). The monoisotopic (exact) mass is 376 g/mol. The van der Waals surface area contributed by atoms with E-state index in [0.717, 1.165) is 30.0 Å². The quantitative estimate of drug-likeness (QED) is 0.591. The molecule has 1 amide bonds. The summed E-state index contributed by atoms with van der Waals surface area (Å²) in [6.45, 7) is 3.27. The van der Waals surface area contributed by atoms with Gasteiger partial charge < -0.3 is 14.4 Å². The third-order valence-corrected chi connectivity index (χ3v) is 4.61. The van der Waals surface area contributed by atoms with Crippen molar-refractivity contribution in [1.29, 1.82) is 0 Å². The molecular formula is C22H20N2O4. The molecular weight excluding hydrogens is 356 g/mol. The van der Waals surface area contributed by atoms with Crippen molar-refractivity contribution in [2.75, 3.05) is 18.1 Å². The number of esters is 1. The molecule has 0 saturated carbocycles. The van der Waals surface area contributed by atoms with E-state index >= 15 is 0 Å². The zero-order valence-electron chi connectivity index (χ0n) is 15.6. The first-order valence-corrected chi connectivity index (χ1v) is 9.30. The summed E-state index contributed by atoms with van der Waals surface area (Å²) in [7, 11) is 0. The van der Waals surface area contributed by atoms with Crippen molar-refractivity contribution in [3.05, 3.63) is 65.4 Å². The number of rotatable bonds is 5. The normalized spacial score (nSPS) is 17.8. The minimum Gasteiger partial charge on any atom is -0.494 e. The van der Waals surface area contributed by atoms with Crippen LogP contribution in [0.3, 0.4) is 0 Å². The summed E-state index contributed by atoms with van der Waals surface area (Å²) < 4.78 is 10.7. The second-order valence-corrected chi connectivity index (χ2v) is 6.53. The van der Waals surface area contributed by atoms with Crippen LogP contribution in [0.25, 0.3) is 6.08 Å². The highest BCUT2D eigenvalue weighted by Gasteiger charge is 2.25. The molecule has 6 heteroatoms. The molecule has 142 valence electrons. The molecule has 0 aromatic heterocycles. The van der Waals surface area contributed by atoms with Gasteiger partial charge in [-0.25, -0.2) is 9.79 Å². The van der Waals surface area contributed by atoms with Crippen LogP contribution in [0.2, 0.25) is 0 Å². The lowest BCUT2D eigenvalue weighted by molar-refractivity contribution is -0.130. The van der Waals surface area contributed by atoms with E-state index in [4.69, 9.17) is 9.47 Å². The minimum atomic E-state index is -0.484. The van der Waals surface area contributed by atoms with Gasteiger partial charge in [0.05, 0.1) is 6.61 Å². The number of hydrogen-bond donors (Lipinski definition) is 0. The molecule has 28 heavy (non-hydrogen) atoms. The highest BCUT2D eigenvalue weighted by molar-refractivity contribution is 6.13. The second-order valence-electron chi connectivity index (χ2n) is 6.53. The number of benzene rings is 2. The topological polar surface area (TPSA) is 68.2 Å². The van der Waals surface area contributed by atoms with Crippen molar-refractivity contribution in [2.45, 2.75) is 19.8 Å².